The molecule has 16 aromatic rings. The largest absolute Gasteiger partial charge is 0.657 e. The van der Waals surface area contributed by atoms with Crippen LogP contribution in [-0.2, 0) is 85.5 Å². The van der Waals surface area contributed by atoms with E-state index in [1.54, 1.807) is 0 Å². The molecule has 2 aliphatic rings. The van der Waals surface area contributed by atoms with Gasteiger partial charge in [0.25, 0.3) is 17.9 Å². The first-order valence-corrected chi connectivity index (χ1v) is 38.9. The van der Waals surface area contributed by atoms with Gasteiger partial charge >= 0.3 is 0 Å². The van der Waals surface area contributed by atoms with Crippen LogP contribution in [0.25, 0.3) is 177 Å². The Hall–Kier alpha value is -12.6. The van der Waals surface area contributed by atoms with E-state index in [-0.39, 0.29) is 94.1 Å². The summed E-state index contributed by atoms with van der Waals surface area (Å²) in [5.74, 6) is -1.99. The summed E-state index contributed by atoms with van der Waals surface area (Å²) in [6.45, 7) is 29.3. The van der Waals surface area contributed by atoms with E-state index in [2.05, 4.69) is 143 Å². The Balaban J connectivity index is 0.000000204. The van der Waals surface area contributed by atoms with Gasteiger partial charge in [-0.15, -0.1) is 11.0 Å². The minimum absolute atomic E-state index is 0. The summed E-state index contributed by atoms with van der Waals surface area (Å²) in [5.41, 5.74) is 18.4. The van der Waals surface area contributed by atoms with Crippen LogP contribution in [0, 0.1) is 0 Å². The zero-order valence-corrected chi connectivity index (χ0v) is 72.3. The van der Waals surface area contributed by atoms with Crippen LogP contribution < -0.4 is 4.98 Å². The van der Waals surface area contributed by atoms with Crippen LogP contribution in [0.3, 0.4) is 0 Å². The normalized spacial score (nSPS) is 11.8. The predicted octanol–water partition coefficient (Wildman–Crippen LogP) is 23.8. The van der Waals surface area contributed by atoms with Gasteiger partial charge in [-0.3, -0.25) is 14.4 Å². The number of aromatic hydroxyl groups is 4. The minimum Gasteiger partial charge on any atom is -0.657 e. The first kappa shape index (κ1) is 89.1. The number of fused-ring (bicyclic) bond motifs is 28. The van der Waals surface area contributed by atoms with E-state index in [1.165, 1.54) is 0 Å². The van der Waals surface area contributed by atoms with Crippen molar-refractivity contribution in [3.05, 3.63) is 251 Å². The quantitative estimate of drug-likeness (QED) is 0.0589. The third-order valence-corrected chi connectivity index (χ3v) is 20.9. The molecular weight excluding hydrogens is 1650 g/mol. The van der Waals surface area contributed by atoms with E-state index in [0.717, 1.165) is 126 Å². The SMILES string of the molecule is CC(=O)O.CC(=O)O.CC(=O)O.CC(C)(C)c1cc2c3nc(c(-c4ccccc4)c4ccc([n-]4)c4cc(C(C)(C)C)cc(c4O)c4ccc5ccc6ccc(nc6c5n4)c(c1)c2O)C=C3.CC(C)(C)c1cc2c3nc(c(-c4ccccc4)c4ccc([nH]4)c4cc(C(C)(C)C)cc(c4O)c4ccc5ccc6ccc(nc6c5n4)c(c1)c2O)C=C3.[Ni].[Ni].[Ni]. The van der Waals surface area contributed by atoms with Crippen molar-refractivity contribution in [2.45, 2.75) is 126 Å². The van der Waals surface area contributed by atoms with Gasteiger partial charge in [-0.05, 0) is 170 Å². The maximum atomic E-state index is 12.1. The molecule has 0 atom stereocenters. The molecule has 0 saturated heterocycles. The Morgan fingerprint density at radius 3 is 0.909 bits per heavy atom. The Kier molecular flexibility index (Phi) is 25.8. The molecule has 0 fully saturated rings. The van der Waals surface area contributed by atoms with Gasteiger partial charge in [-0.1, -0.05) is 204 Å². The van der Waals surface area contributed by atoms with Crippen LogP contribution in [0.4, 0.5) is 0 Å². The molecule has 0 unspecified atom stereocenters. The van der Waals surface area contributed by atoms with Crippen molar-refractivity contribution in [3.8, 4) is 45.3 Å². The third kappa shape index (κ3) is 18.6. The Morgan fingerprint density at radius 1 is 0.298 bits per heavy atom. The molecule has 0 spiro atoms. The van der Waals surface area contributed by atoms with Crippen molar-refractivity contribution in [2.24, 2.45) is 0 Å². The first-order valence-electron chi connectivity index (χ1n) is 38.9. The topological polar surface area (TPSA) is 300 Å². The smallest absolute Gasteiger partial charge is 0.300 e. The maximum Gasteiger partial charge on any atom is 0.300 e. The molecule has 0 aliphatic carbocycles. The van der Waals surface area contributed by atoms with Crippen LogP contribution in [-0.4, -0.2) is 88.5 Å². The summed E-state index contributed by atoms with van der Waals surface area (Å²) < 4.78 is 0. The molecule has 121 heavy (non-hydrogen) atoms. The van der Waals surface area contributed by atoms with Crippen LogP contribution >= 0.6 is 0 Å². The number of carbonyl (C=O) groups is 3. The number of pyridine rings is 4. The second kappa shape index (κ2) is 35.0. The monoisotopic (exact) mass is 1740 g/mol. The number of aromatic nitrogens is 8. The van der Waals surface area contributed by atoms with Gasteiger partial charge in [-0.2, -0.15) is 0 Å². The first-order chi connectivity index (χ1) is 55.9. The van der Waals surface area contributed by atoms with Crippen LogP contribution in [0.15, 0.2) is 206 Å². The Bertz CT molecular complexity index is 6730. The molecule has 21 heteroatoms. The Morgan fingerprint density at radius 2 is 0.562 bits per heavy atom. The van der Waals surface area contributed by atoms with E-state index < -0.39 is 17.9 Å². The van der Waals surface area contributed by atoms with E-state index >= 15 is 0 Å². The summed E-state index contributed by atoms with van der Waals surface area (Å²) in [4.78, 5) is 67.1. The summed E-state index contributed by atoms with van der Waals surface area (Å²) >= 11 is 0. The minimum atomic E-state index is -0.833. The molecule has 8 aromatic carbocycles. The molecule has 24 bridgehead atoms. The number of nitrogens with zero attached hydrogens (tertiary/aromatic N) is 7. The maximum absolute atomic E-state index is 12.1. The molecular formula is C100H91N8Ni3O10-. The molecule has 622 valence electrons. The molecule has 18 rings (SSSR count). The molecule has 18 nitrogen and oxygen atoms in total. The van der Waals surface area contributed by atoms with Crippen LogP contribution in [0.1, 0.15) is 149 Å². The van der Waals surface area contributed by atoms with Gasteiger partial charge in [-0.25, -0.2) is 29.9 Å². The fraction of sp³-hybridized carbons (Fsp3) is 0.190. The van der Waals surface area contributed by atoms with Gasteiger partial charge in [0.1, 0.15) is 23.0 Å². The fourth-order valence-corrected chi connectivity index (χ4v) is 14.7. The number of aromatic amines is 1. The van der Waals surface area contributed by atoms with Gasteiger partial charge in [0.05, 0.1) is 66.9 Å². The molecule has 0 amide bonds. The van der Waals surface area contributed by atoms with Crippen LogP contribution in [0.2, 0.25) is 0 Å². The number of nitrogens with one attached hydrogen (secondary N) is 1. The number of hydrogen-bond acceptors (Lipinski definition) is 13. The molecule has 10 heterocycles. The Labute approximate surface area is 729 Å². The van der Waals surface area contributed by atoms with Crippen molar-refractivity contribution in [3.63, 3.8) is 0 Å². The molecule has 8 aromatic heterocycles. The van der Waals surface area contributed by atoms with Gasteiger partial charge in [0.2, 0.25) is 0 Å². The third-order valence-electron chi connectivity index (χ3n) is 20.9. The van der Waals surface area contributed by atoms with Gasteiger partial charge in [0.15, 0.2) is 0 Å². The number of phenolic OH excluding ortho intramolecular Hbond substituents is 4. The van der Waals surface area contributed by atoms with Crippen molar-refractivity contribution in [1.29, 1.82) is 0 Å². The number of aliphatic carboxylic acids is 3. The summed E-state index contributed by atoms with van der Waals surface area (Å²) in [7, 11) is 0. The van der Waals surface area contributed by atoms with E-state index in [4.69, 9.17) is 64.6 Å². The standard InChI is InChI=1S/C47H40N4O2.C47H39N4O2.3C2H4O2.3Ni/c2*1-46(2,3)29-22-31-35-18-20-39(48-35)41(26-10-8-7-9-11-26)40-21-19-36(49-40)32-23-30(47(4,5)6)25-34(45(32)53)38-17-15-28-13-12-27-14-16-37(33(24-29)44(31)52)50-42(27)43(28)51-38;3*1-2(3)4;;;/h7-25,48,52-53H,1-6H3;7-25H,1-6H3,(H2-,48,49,50,51,52,53);3*1H3,(H,3,4);;;/q;-1;;;;;;. The summed E-state index contributed by atoms with van der Waals surface area (Å²) in [5, 5.41) is 79.6. The average molecular weight is 1740 g/mol. The summed E-state index contributed by atoms with van der Waals surface area (Å²) in [6, 6.07) is 68.9. The molecule has 8 N–H and O–H groups in total. The molecule has 2 aliphatic heterocycles. The van der Waals surface area contributed by atoms with Gasteiger partial charge in [0, 0.05) is 151 Å². The number of benzene rings is 8. The number of hydrogen-bond donors (Lipinski definition) is 8. The second-order valence-electron chi connectivity index (χ2n) is 33.9. The number of rotatable bonds is 2. The van der Waals surface area contributed by atoms with Crippen LogP contribution in [0.5, 0.6) is 23.0 Å². The average Bonchev–Trinajstić information content (AvgIpc) is 1.28. The van der Waals surface area contributed by atoms with Crippen molar-refractivity contribution in [2.75, 3.05) is 0 Å². The fourth-order valence-electron chi connectivity index (χ4n) is 14.7. The van der Waals surface area contributed by atoms with E-state index in [9.17, 15) is 20.4 Å². The van der Waals surface area contributed by atoms with E-state index in [1.807, 2.05) is 176 Å². The number of phenols is 4. The zero-order valence-electron chi connectivity index (χ0n) is 69.4. The second-order valence-corrected chi connectivity index (χ2v) is 33.9. The number of carboxylic acids is 3. The van der Waals surface area contributed by atoms with Crippen molar-refractivity contribution < 1.29 is 99.6 Å². The predicted molar refractivity (Wildman–Crippen MR) is 480 cm³/mol. The van der Waals surface area contributed by atoms with Crippen molar-refractivity contribution >= 4 is 173 Å². The van der Waals surface area contributed by atoms with Crippen molar-refractivity contribution in [1.82, 2.24) is 39.9 Å². The molecule has 0 radical (unpaired) electrons. The number of H-pyrrole nitrogens is 1. The van der Waals surface area contributed by atoms with E-state index in [0.29, 0.717) is 93.1 Å². The zero-order chi connectivity index (χ0) is 84.4. The number of carboxylic acid groups (broad SMARTS) is 3. The molecule has 0 saturated carbocycles. The van der Waals surface area contributed by atoms with Gasteiger partial charge < -0.3 is 45.7 Å². The summed E-state index contributed by atoms with van der Waals surface area (Å²) in [6.07, 6.45) is 7.94.